The monoisotopic (exact) mass is 356 g/mol. The second-order valence-corrected chi connectivity index (χ2v) is 9.32. The van der Waals surface area contributed by atoms with Crippen LogP contribution in [0, 0.1) is 11.3 Å². The van der Waals surface area contributed by atoms with Crippen LogP contribution in [0.3, 0.4) is 0 Å². The maximum Gasteiger partial charge on any atom is 0.188 e. The molecule has 0 amide bonds. The molecular weight excluding hydrogens is 332 g/mol. The first kappa shape index (κ1) is 16.1. The van der Waals surface area contributed by atoms with E-state index in [1.807, 2.05) is 11.8 Å². The van der Waals surface area contributed by atoms with Gasteiger partial charge in [-0.25, -0.2) is 0 Å². The van der Waals surface area contributed by atoms with E-state index >= 15 is 0 Å². The summed E-state index contributed by atoms with van der Waals surface area (Å²) in [6.45, 7) is 3.62. The van der Waals surface area contributed by atoms with Crippen LogP contribution in [0.5, 0.6) is 0 Å². The summed E-state index contributed by atoms with van der Waals surface area (Å²) in [5.41, 5.74) is 0.0538. The van der Waals surface area contributed by atoms with Crippen LogP contribution < -0.4 is 0 Å². The van der Waals surface area contributed by atoms with E-state index in [-0.39, 0.29) is 16.5 Å². The van der Waals surface area contributed by atoms with Gasteiger partial charge in [0.1, 0.15) is 4.93 Å². The molecule has 1 aromatic rings. The molecule has 4 atom stereocenters. The van der Waals surface area contributed by atoms with Crippen molar-refractivity contribution in [1.82, 2.24) is 0 Å². The molecule has 25 heavy (non-hydrogen) atoms. The van der Waals surface area contributed by atoms with Crippen LogP contribution in [-0.2, 0) is 14.2 Å². The molecule has 2 aliphatic heterocycles. The maximum absolute atomic E-state index is 6.68. The van der Waals surface area contributed by atoms with E-state index in [4.69, 9.17) is 14.2 Å². The fourth-order valence-electron chi connectivity index (χ4n) is 4.99. The molecule has 2 fully saturated rings. The molecule has 0 aromatic heterocycles. The van der Waals surface area contributed by atoms with Crippen molar-refractivity contribution < 1.29 is 14.2 Å². The largest absolute Gasteiger partial charge is 0.360 e. The van der Waals surface area contributed by atoms with Gasteiger partial charge in [-0.2, -0.15) is 0 Å². The average Bonchev–Trinajstić information content (AvgIpc) is 3.04. The minimum Gasteiger partial charge on any atom is -0.360 e. The Kier molecular flexibility index (Phi) is 3.69. The van der Waals surface area contributed by atoms with Gasteiger partial charge in [0.25, 0.3) is 0 Å². The summed E-state index contributed by atoms with van der Waals surface area (Å²) in [5, 5.41) is 0. The highest BCUT2D eigenvalue weighted by molar-refractivity contribution is 8.00. The first-order valence-corrected chi connectivity index (χ1v) is 10.0. The van der Waals surface area contributed by atoms with Gasteiger partial charge in [-0.15, -0.1) is 0 Å². The predicted octanol–water partition coefficient (Wildman–Crippen LogP) is 4.55. The minimum absolute atomic E-state index is 0.0538. The summed E-state index contributed by atoms with van der Waals surface area (Å²) < 4.78 is 18.6. The second-order valence-electron chi connectivity index (χ2n) is 7.79. The average molecular weight is 356 g/mol. The molecule has 0 saturated carbocycles. The lowest BCUT2D eigenvalue weighted by molar-refractivity contribution is -0.194. The molecule has 2 aliphatic carbocycles. The Hall–Kier alpha value is -1.07. The van der Waals surface area contributed by atoms with Crippen molar-refractivity contribution in [2.24, 2.45) is 11.3 Å². The first-order chi connectivity index (χ1) is 12.1. The standard InChI is InChI=1S/C21H24O3S/c1-19(25-16-6-3-2-4-7-16)15-20-9-5-8-18(24-19)17(20)14-21(11-10-20)22-12-13-23-21/h2-7,9-11,17-18H,8,12-15H2,1H3. The molecule has 2 bridgehead atoms. The van der Waals surface area contributed by atoms with Crippen molar-refractivity contribution in [2.45, 2.75) is 47.9 Å². The third kappa shape index (κ3) is 2.71. The van der Waals surface area contributed by atoms with Crippen molar-refractivity contribution >= 4 is 11.8 Å². The molecule has 0 N–H and O–H groups in total. The Bertz CT molecular complexity index is 709. The third-order valence-electron chi connectivity index (χ3n) is 5.97. The highest BCUT2D eigenvalue weighted by Crippen LogP contribution is 2.60. The molecule has 1 spiro atoms. The van der Waals surface area contributed by atoms with Gasteiger partial charge in [-0.05, 0) is 38.0 Å². The van der Waals surface area contributed by atoms with Crippen molar-refractivity contribution in [3.8, 4) is 0 Å². The normalized spacial score (nSPS) is 41.0. The van der Waals surface area contributed by atoms with Gasteiger partial charge >= 0.3 is 0 Å². The maximum atomic E-state index is 6.68. The van der Waals surface area contributed by atoms with Crippen LogP contribution in [0.1, 0.15) is 26.2 Å². The van der Waals surface area contributed by atoms with E-state index in [0.29, 0.717) is 19.1 Å². The highest BCUT2D eigenvalue weighted by Gasteiger charge is 2.58. The summed E-state index contributed by atoms with van der Waals surface area (Å²) in [4.78, 5) is 1.04. The Labute approximate surface area is 153 Å². The molecule has 4 heteroatoms. The van der Waals surface area contributed by atoms with Gasteiger partial charge in [0.15, 0.2) is 5.79 Å². The summed E-state index contributed by atoms with van der Waals surface area (Å²) in [7, 11) is 0. The van der Waals surface area contributed by atoms with E-state index in [9.17, 15) is 0 Å². The van der Waals surface area contributed by atoms with Gasteiger partial charge < -0.3 is 14.2 Å². The predicted molar refractivity (Wildman–Crippen MR) is 98.3 cm³/mol. The zero-order valence-electron chi connectivity index (χ0n) is 14.5. The topological polar surface area (TPSA) is 27.7 Å². The van der Waals surface area contributed by atoms with Gasteiger partial charge in [-0.1, -0.05) is 48.2 Å². The number of hydrogen-bond donors (Lipinski definition) is 0. The second kappa shape index (κ2) is 5.71. The van der Waals surface area contributed by atoms with Crippen LogP contribution in [-0.4, -0.2) is 30.0 Å². The quantitative estimate of drug-likeness (QED) is 0.727. The smallest absolute Gasteiger partial charge is 0.188 e. The van der Waals surface area contributed by atoms with Crippen molar-refractivity contribution in [2.75, 3.05) is 13.2 Å². The van der Waals surface area contributed by atoms with Crippen LogP contribution in [0.2, 0.25) is 0 Å². The number of thioether (sulfide) groups is 1. The molecule has 2 saturated heterocycles. The fourth-order valence-corrected chi connectivity index (χ4v) is 6.28. The first-order valence-electron chi connectivity index (χ1n) is 9.18. The summed E-state index contributed by atoms with van der Waals surface area (Å²) in [5.74, 6) is -0.0913. The Balaban J connectivity index is 1.47. The summed E-state index contributed by atoms with van der Waals surface area (Å²) >= 11 is 1.85. The zero-order chi connectivity index (χ0) is 17.0. The number of rotatable bonds is 2. The van der Waals surface area contributed by atoms with Gasteiger partial charge in [0, 0.05) is 22.6 Å². The lowest BCUT2D eigenvalue weighted by Crippen LogP contribution is -2.56. The van der Waals surface area contributed by atoms with Crippen LogP contribution in [0.4, 0.5) is 0 Å². The number of hydrogen-bond acceptors (Lipinski definition) is 4. The number of ether oxygens (including phenoxy) is 3. The van der Waals surface area contributed by atoms with Crippen molar-refractivity contribution in [1.29, 1.82) is 0 Å². The molecule has 1 aromatic carbocycles. The lowest BCUT2D eigenvalue weighted by Gasteiger charge is -2.57. The molecule has 132 valence electrons. The molecular formula is C21H24O3S. The number of allylic oxidation sites excluding steroid dienone is 2. The van der Waals surface area contributed by atoms with Gasteiger partial charge in [-0.3, -0.25) is 0 Å². The van der Waals surface area contributed by atoms with E-state index in [1.54, 1.807) is 0 Å². The summed E-state index contributed by atoms with van der Waals surface area (Å²) in [6.07, 6.45) is 12.3. The molecule has 0 radical (unpaired) electrons. The zero-order valence-corrected chi connectivity index (χ0v) is 15.3. The number of benzene rings is 1. The van der Waals surface area contributed by atoms with Crippen LogP contribution >= 0.6 is 11.8 Å². The van der Waals surface area contributed by atoms with Crippen LogP contribution in [0.25, 0.3) is 0 Å². The molecule has 5 rings (SSSR count). The van der Waals surface area contributed by atoms with E-state index < -0.39 is 5.79 Å². The van der Waals surface area contributed by atoms with E-state index in [0.717, 1.165) is 19.3 Å². The Morgan fingerprint density at radius 2 is 1.84 bits per heavy atom. The van der Waals surface area contributed by atoms with Gasteiger partial charge in [0.05, 0.1) is 19.3 Å². The van der Waals surface area contributed by atoms with Crippen molar-refractivity contribution in [3.63, 3.8) is 0 Å². The summed E-state index contributed by atoms with van der Waals surface area (Å²) in [6, 6.07) is 10.6. The Morgan fingerprint density at radius 1 is 1.04 bits per heavy atom. The molecule has 4 unspecified atom stereocenters. The SMILES string of the molecule is CC1(Sc2ccccc2)CC23C=CCC(O1)C2CC1(C=C3)OCCO1. The fraction of sp³-hybridized carbons (Fsp3) is 0.524. The Morgan fingerprint density at radius 3 is 2.64 bits per heavy atom. The lowest BCUT2D eigenvalue weighted by atomic mass is 9.59. The molecule has 4 aliphatic rings. The minimum atomic E-state index is -0.513. The highest BCUT2D eigenvalue weighted by atomic mass is 32.2. The third-order valence-corrected chi connectivity index (χ3v) is 7.15. The molecule has 3 nitrogen and oxygen atoms in total. The van der Waals surface area contributed by atoms with E-state index in [2.05, 4.69) is 61.6 Å². The van der Waals surface area contributed by atoms with Crippen LogP contribution in [0.15, 0.2) is 59.5 Å². The van der Waals surface area contributed by atoms with Crippen molar-refractivity contribution in [3.05, 3.63) is 54.6 Å². The van der Waals surface area contributed by atoms with E-state index in [1.165, 1.54) is 4.90 Å². The van der Waals surface area contributed by atoms with Gasteiger partial charge in [0.2, 0.25) is 0 Å². The molecule has 2 heterocycles.